The lowest BCUT2D eigenvalue weighted by Crippen LogP contribution is -2.07. The number of nitrogen functional groups attached to an aromatic ring is 2. The zero-order chi connectivity index (χ0) is 12.1. The molecule has 0 bridgehead atoms. The third kappa shape index (κ3) is 3.30. The van der Waals surface area contributed by atoms with Gasteiger partial charge in [-0.05, 0) is 12.1 Å². The Kier molecular flexibility index (Phi) is 3.34. The first-order chi connectivity index (χ1) is 8.24. The van der Waals surface area contributed by atoms with E-state index in [1.165, 1.54) is 6.07 Å². The fraction of sp³-hybridized carbons (Fsp3) is 0.182. The molecular formula is C11H13N5O. The zero-order valence-electron chi connectivity index (χ0n) is 9.21. The standard InChI is InChI=1S/C11H13N5O/c12-9-7-10(13)16-11(15-9)17-6-4-8-3-1-2-5-14-8/h1-3,5,7H,4,6H2,(H4,12,13,15,16). The summed E-state index contributed by atoms with van der Waals surface area (Å²) in [5, 5.41) is 0. The van der Waals surface area contributed by atoms with Crippen molar-refractivity contribution >= 4 is 11.6 Å². The Balaban J connectivity index is 1.90. The number of aromatic nitrogens is 3. The molecule has 0 saturated heterocycles. The van der Waals surface area contributed by atoms with Crippen LogP contribution < -0.4 is 16.2 Å². The second kappa shape index (κ2) is 5.11. The van der Waals surface area contributed by atoms with E-state index in [2.05, 4.69) is 15.0 Å². The lowest BCUT2D eigenvalue weighted by Gasteiger charge is -2.05. The van der Waals surface area contributed by atoms with Crippen LogP contribution in [0.2, 0.25) is 0 Å². The fourth-order valence-corrected chi connectivity index (χ4v) is 1.32. The molecule has 6 nitrogen and oxygen atoms in total. The molecule has 0 fully saturated rings. The van der Waals surface area contributed by atoms with Crippen molar-refractivity contribution in [3.8, 4) is 6.01 Å². The van der Waals surface area contributed by atoms with Crippen molar-refractivity contribution in [2.24, 2.45) is 0 Å². The molecule has 0 aromatic carbocycles. The Bertz CT molecular complexity index is 468. The number of hydrogen-bond acceptors (Lipinski definition) is 6. The van der Waals surface area contributed by atoms with Gasteiger partial charge in [0.15, 0.2) is 0 Å². The van der Waals surface area contributed by atoms with Crippen molar-refractivity contribution in [3.63, 3.8) is 0 Å². The van der Waals surface area contributed by atoms with Crippen LogP contribution in [0, 0.1) is 0 Å². The molecule has 0 aliphatic rings. The summed E-state index contributed by atoms with van der Waals surface area (Å²) >= 11 is 0. The largest absolute Gasteiger partial charge is 0.463 e. The summed E-state index contributed by atoms with van der Waals surface area (Å²) in [5.74, 6) is 0.593. The average molecular weight is 231 g/mol. The molecule has 0 saturated carbocycles. The lowest BCUT2D eigenvalue weighted by molar-refractivity contribution is 0.296. The Hall–Kier alpha value is -2.37. The highest BCUT2D eigenvalue weighted by molar-refractivity contribution is 5.41. The first-order valence-corrected chi connectivity index (χ1v) is 5.17. The predicted octanol–water partition coefficient (Wildman–Crippen LogP) is 0.657. The minimum absolute atomic E-state index is 0.193. The number of rotatable bonds is 4. The smallest absolute Gasteiger partial charge is 0.320 e. The molecule has 0 radical (unpaired) electrons. The molecule has 0 unspecified atom stereocenters. The van der Waals surface area contributed by atoms with E-state index in [4.69, 9.17) is 16.2 Å². The van der Waals surface area contributed by atoms with Gasteiger partial charge in [0.05, 0.1) is 6.61 Å². The summed E-state index contributed by atoms with van der Waals surface area (Å²) < 4.78 is 5.35. The molecule has 6 heteroatoms. The van der Waals surface area contributed by atoms with Gasteiger partial charge in [-0.1, -0.05) is 6.07 Å². The molecule has 17 heavy (non-hydrogen) atoms. The minimum atomic E-state index is 0.193. The van der Waals surface area contributed by atoms with Crippen molar-refractivity contribution in [1.29, 1.82) is 0 Å². The van der Waals surface area contributed by atoms with Crippen LogP contribution in [-0.4, -0.2) is 21.6 Å². The zero-order valence-corrected chi connectivity index (χ0v) is 9.21. The molecule has 0 aliphatic carbocycles. The van der Waals surface area contributed by atoms with Crippen LogP contribution in [0.4, 0.5) is 11.6 Å². The van der Waals surface area contributed by atoms with Crippen molar-refractivity contribution in [3.05, 3.63) is 36.2 Å². The van der Waals surface area contributed by atoms with Crippen molar-refractivity contribution in [2.75, 3.05) is 18.1 Å². The van der Waals surface area contributed by atoms with E-state index >= 15 is 0 Å². The maximum atomic E-state index is 5.52. The van der Waals surface area contributed by atoms with Crippen LogP contribution in [0.1, 0.15) is 5.69 Å². The van der Waals surface area contributed by atoms with Gasteiger partial charge >= 0.3 is 6.01 Å². The third-order valence-electron chi connectivity index (χ3n) is 2.06. The molecule has 2 aromatic rings. The van der Waals surface area contributed by atoms with Crippen LogP contribution >= 0.6 is 0 Å². The highest BCUT2D eigenvalue weighted by atomic mass is 16.5. The number of nitrogens with two attached hydrogens (primary N) is 2. The van der Waals surface area contributed by atoms with E-state index in [0.717, 1.165) is 5.69 Å². The summed E-state index contributed by atoms with van der Waals surface area (Å²) in [6, 6.07) is 7.39. The van der Waals surface area contributed by atoms with Crippen molar-refractivity contribution < 1.29 is 4.74 Å². The van der Waals surface area contributed by atoms with E-state index in [1.807, 2.05) is 18.2 Å². The number of ether oxygens (including phenoxy) is 1. The van der Waals surface area contributed by atoms with Gasteiger partial charge in [0.1, 0.15) is 11.6 Å². The topological polar surface area (TPSA) is 99.9 Å². The Labute approximate surface area is 98.7 Å². The van der Waals surface area contributed by atoms with E-state index in [-0.39, 0.29) is 6.01 Å². The monoisotopic (exact) mass is 231 g/mol. The van der Waals surface area contributed by atoms with Gasteiger partial charge in [-0.25, -0.2) is 0 Å². The maximum absolute atomic E-state index is 5.52. The number of pyridine rings is 1. The van der Waals surface area contributed by atoms with Gasteiger partial charge < -0.3 is 16.2 Å². The number of hydrogen-bond donors (Lipinski definition) is 2. The van der Waals surface area contributed by atoms with Gasteiger partial charge in [0.25, 0.3) is 0 Å². The summed E-state index contributed by atoms with van der Waals surface area (Å²) in [4.78, 5) is 12.0. The molecule has 0 aliphatic heterocycles. The van der Waals surface area contributed by atoms with Gasteiger partial charge in [-0.15, -0.1) is 0 Å². The molecular weight excluding hydrogens is 218 g/mol. The normalized spacial score (nSPS) is 10.1. The molecule has 88 valence electrons. The molecule has 2 rings (SSSR count). The second-order valence-electron chi connectivity index (χ2n) is 3.42. The molecule has 0 spiro atoms. The van der Waals surface area contributed by atoms with Crippen molar-refractivity contribution in [2.45, 2.75) is 6.42 Å². The Morgan fingerprint density at radius 3 is 2.53 bits per heavy atom. The van der Waals surface area contributed by atoms with Crippen LogP contribution in [0.5, 0.6) is 6.01 Å². The highest BCUT2D eigenvalue weighted by Gasteiger charge is 2.01. The van der Waals surface area contributed by atoms with Crippen LogP contribution in [0.3, 0.4) is 0 Å². The van der Waals surface area contributed by atoms with Crippen LogP contribution in [0.25, 0.3) is 0 Å². The summed E-state index contributed by atoms with van der Waals surface area (Å²) in [6.45, 7) is 0.430. The van der Waals surface area contributed by atoms with Gasteiger partial charge in [-0.3, -0.25) is 4.98 Å². The molecule has 2 aromatic heterocycles. The van der Waals surface area contributed by atoms with E-state index in [1.54, 1.807) is 6.20 Å². The molecule has 2 heterocycles. The van der Waals surface area contributed by atoms with Gasteiger partial charge in [0, 0.05) is 24.4 Å². The fourth-order valence-electron chi connectivity index (χ4n) is 1.32. The first-order valence-electron chi connectivity index (χ1n) is 5.17. The van der Waals surface area contributed by atoms with E-state index in [0.29, 0.717) is 24.7 Å². The quantitative estimate of drug-likeness (QED) is 0.801. The Morgan fingerprint density at radius 2 is 1.88 bits per heavy atom. The second-order valence-corrected chi connectivity index (χ2v) is 3.42. The Morgan fingerprint density at radius 1 is 1.12 bits per heavy atom. The minimum Gasteiger partial charge on any atom is -0.463 e. The van der Waals surface area contributed by atoms with Crippen LogP contribution in [-0.2, 0) is 6.42 Å². The number of nitrogens with zero attached hydrogens (tertiary/aromatic N) is 3. The summed E-state index contributed by atoms with van der Waals surface area (Å²) in [5.41, 5.74) is 12.0. The summed E-state index contributed by atoms with van der Waals surface area (Å²) in [6.07, 6.45) is 2.42. The third-order valence-corrected chi connectivity index (χ3v) is 2.06. The average Bonchev–Trinajstić information content (AvgIpc) is 2.29. The predicted molar refractivity (Wildman–Crippen MR) is 64.3 cm³/mol. The lowest BCUT2D eigenvalue weighted by atomic mass is 10.3. The summed E-state index contributed by atoms with van der Waals surface area (Å²) in [7, 11) is 0. The maximum Gasteiger partial charge on any atom is 0.320 e. The number of anilines is 2. The SMILES string of the molecule is Nc1cc(N)nc(OCCc2ccccn2)n1. The first kappa shape index (κ1) is 11.1. The van der Waals surface area contributed by atoms with E-state index in [9.17, 15) is 0 Å². The highest BCUT2D eigenvalue weighted by Crippen LogP contribution is 2.10. The van der Waals surface area contributed by atoms with E-state index < -0.39 is 0 Å². The van der Waals surface area contributed by atoms with Gasteiger partial charge in [-0.2, -0.15) is 9.97 Å². The van der Waals surface area contributed by atoms with Crippen LogP contribution in [0.15, 0.2) is 30.5 Å². The van der Waals surface area contributed by atoms with Crippen molar-refractivity contribution in [1.82, 2.24) is 15.0 Å². The molecule has 4 N–H and O–H groups in total. The molecule has 0 atom stereocenters. The molecule has 0 amide bonds. The van der Waals surface area contributed by atoms with Gasteiger partial charge in [0.2, 0.25) is 0 Å².